The van der Waals surface area contributed by atoms with Gasteiger partial charge in [-0.2, -0.15) is 0 Å². The zero-order valence-electron chi connectivity index (χ0n) is 16.1. The summed E-state index contributed by atoms with van der Waals surface area (Å²) in [5, 5.41) is 15.4. The molecule has 2 aliphatic rings. The number of aromatic nitrogens is 1. The molecule has 0 aliphatic carbocycles. The topological polar surface area (TPSA) is 121 Å². The second-order valence-electron chi connectivity index (χ2n) is 7.20. The van der Waals surface area contributed by atoms with Crippen molar-refractivity contribution in [2.24, 2.45) is 5.92 Å². The van der Waals surface area contributed by atoms with E-state index in [0.717, 1.165) is 0 Å². The summed E-state index contributed by atoms with van der Waals surface area (Å²) in [6, 6.07) is 1.16. The van der Waals surface area contributed by atoms with Gasteiger partial charge in [0, 0.05) is 25.8 Å². The highest BCUT2D eigenvalue weighted by Gasteiger charge is 2.44. The molecule has 0 spiro atoms. The Kier molecular flexibility index (Phi) is 6.25. The number of carboxylic acids is 1. The van der Waals surface area contributed by atoms with Gasteiger partial charge >= 0.3 is 5.97 Å². The van der Waals surface area contributed by atoms with E-state index in [1.807, 2.05) is 0 Å². The predicted molar refractivity (Wildman–Crippen MR) is 101 cm³/mol. The van der Waals surface area contributed by atoms with Gasteiger partial charge < -0.3 is 20.5 Å². The number of fused-ring (bicyclic) bond motifs is 1. The van der Waals surface area contributed by atoms with Crippen molar-refractivity contribution in [3.8, 4) is 0 Å². The average molecular weight is 390 g/mol. The number of carbonyl (C=O) groups is 3. The smallest absolute Gasteiger partial charge is 0.327 e. The maximum absolute atomic E-state index is 13.5. The van der Waals surface area contributed by atoms with Gasteiger partial charge in [0.1, 0.15) is 17.9 Å². The van der Waals surface area contributed by atoms with E-state index in [1.54, 1.807) is 26.1 Å². The molecule has 9 heteroatoms. The van der Waals surface area contributed by atoms with E-state index in [4.69, 9.17) is 4.74 Å². The number of hydrogen-bond donors (Lipinski definition) is 3. The van der Waals surface area contributed by atoms with Crippen LogP contribution in [0.5, 0.6) is 0 Å². The van der Waals surface area contributed by atoms with E-state index >= 15 is 0 Å². The Labute approximate surface area is 163 Å². The number of hydrogen-bond acceptors (Lipinski definition) is 6. The van der Waals surface area contributed by atoms with Gasteiger partial charge in [0.05, 0.1) is 6.04 Å². The number of amides is 2. The molecule has 0 bridgehead atoms. The molecule has 2 amide bonds. The molecular weight excluding hydrogens is 364 g/mol. The van der Waals surface area contributed by atoms with Crippen LogP contribution in [0.15, 0.2) is 18.3 Å². The van der Waals surface area contributed by atoms with Crippen molar-refractivity contribution in [1.29, 1.82) is 0 Å². The first-order chi connectivity index (χ1) is 13.4. The summed E-state index contributed by atoms with van der Waals surface area (Å²) in [7, 11) is 1.66. The van der Waals surface area contributed by atoms with E-state index in [1.165, 1.54) is 11.1 Å². The fourth-order valence-corrected chi connectivity index (χ4v) is 3.70. The van der Waals surface area contributed by atoms with E-state index in [0.29, 0.717) is 37.4 Å². The van der Waals surface area contributed by atoms with E-state index in [-0.39, 0.29) is 18.2 Å². The minimum atomic E-state index is -1.09. The van der Waals surface area contributed by atoms with Gasteiger partial charge in [-0.3, -0.25) is 14.5 Å². The van der Waals surface area contributed by atoms with Crippen LogP contribution in [0, 0.1) is 5.92 Å². The fourth-order valence-electron chi connectivity index (χ4n) is 3.70. The van der Waals surface area contributed by atoms with Crippen molar-refractivity contribution < 1.29 is 24.2 Å². The number of nitrogens with one attached hydrogen (secondary N) is 2. The maximum Gasteiger partial charge on any atom is 0.327 e. The van der Waals surface area contributed by atoms with Crippen LogP contribution in [0.25, 0.3) is 0 Å². The molecule has 152 valence electrons. The monoisotopic (exact) mass is 390 g/mol. The summed E-state index contributed by atoms with van der Waals surface area (Å²) < 4.78 is 5.39. The van der Waals surface area contributed by atoms with Crippen LogP contribution in [0.4, 0.5) is 5.82 Å². The van der Waals surface area contributed by atoms with Crippen LogP contribution in [0.2, 0.25) is 0 Å². The summed E-state index contributed by atoms with van der Waals surface area (Å²) in [6.07, 6.45) is 2.97. The molecule has 1 fully saturated rings. The Balaban J connectivity index is 1.92. The van der Waals surface area contributed by atoms with Gasteiger partial charge in [0.15, 0.2) is 0 Å². The summed E-state index contributed by atoms with van der Waals surface area (Å²) in [5.41, 5.74) is 0.712. The van der Waals surface area contributed by atoms with Gasteiger partial charge in [-0.1, -0.05) is 6.07 Å². The number of carboxylic acid groups (broad SMARTS) is 1. The third-order valence-corrected chi connectivity index (χ3v) is 5.47. The van der Waals surface area contributed by atoms with Crippen molar-refractivity contribution in [1.82, 2.24) is 15.6 Å². The van der Waals surface area contributed by atoms with Gasteiger partial charge in [-0.25, -0.2) is 9.78 Å². The summed E-state index contributed by atoms with van der Waals surface area (Å²) in [6.45, 7) is 2.71. The number of anilines is 1. The van der Waals surface area contributed by atoms with Crippen molar-refractivity contribution in [3.05, 3.63) is 23.9 Å². The molecule has 28 heavy (non-hydrogen) atoms. The van der Waals surface area contributed by atoms with E-state index in [2.05, 4.69) is 15.6 Å². The molecule has 3 N–H and O–H groups in total. The third kappa shape index (κ3) is 4.00. The van der Waals surface area contributed by atoms with E-state index < -0.39 is 30.0 Å². The largest absolute Gasteiger partial charge is 0.480 e. The molecule has 0 saturated carbocycles. The highest BCUT2D eigenvalue weighted by molar-refractivity contribution is 6.05. The lowest BCUT2D eigenvalue weighted by molar-refractivity contribution is -0.140. The first-order valence-corrected chi connectivity index (χ1v) is 9.49. The van der Waals surface area contributed by atoms with Gasteiger partial charge in [0.2, 0.25) is 5.91 Å². The molecule has 3 heterocycles. The second kappa shape index (κ2) is 8.66. The van der Waals surface area contributed by atoms with Crippen LogP contribution in [0.3, 0.4) is 0 Å². The average Bonchev–Trinajstić information content (AvgIpc) is 3.11. The molecule has 2 aliphatic heterocycles. The van der Waals surface area contributed by atoms with Crippen molar-refractivity contribution >= 4 is 23.6 Å². The molecule has 3 atom stereocenters. The number of aliphatic carboxylic acids is 1. The van der Waals surface area contributed by atoms with Crippen molar-refractivity contribution in [2.45, 2.75) is 44.3 Å². The standard InChI is InChI=1S/C19H26N4O5/c1-11(20-2)17(24)22-15(12-5-8-28-9-6-12)18(25)23-14(19(26)27)10-13-4-3-7-21-16(13)23/h3-4,7,11-12,14-15,20H,5-6,8-10H2,1-2H3,(H,22,24)(H,26,27)/t11-,14?,15-/m0/s1. The SMILES string of the molecule is CN[C@@H](C)C(=O)N[C@H](C(=O)N1c2ncccc2CC1C(=O)O)C1CCOCC1. The highest BCUT2D eigenvalue weighted by Crippen LogP contribution is 2.32. The summed E-state index contributed by atoms with van der Waals surface area (Å²) >= 11 is 0. The first kappa shape index (κ1) is 20.2. The number of carbonyl (C=O) groups excluding carboxylic acids is 2. The van der Waals surface area contributed by atoms with Crippen molar-refractivity contribution in [2.75, 3.05) is 25.2 Å². The minimum Gasteiger partial charge on any atom is -0.480 e. The van der Waals surface area contributed by atoms with Crippen LogP contribution >= 0.6 is 0 Å². The summed E-state index contributed by atoms with van der Waals surface area (Å²) in [4.78, 5) is 43.3. The minimum absolute atomic E-state index is 0.128. The number of likely N-dealkylation sites (N-methyl/N-ethyl adjacent to an activating group) is 1. The molecule has 1 unspecified atom stereocenters. The van der Waals surface area contributed by atoms with Gasteiger partial charge in [-0.05, 0) is 44.4 Å². The Hall–Kier alpha value is -2.52. The Morgan fingerprint density at radius 3 is 2.68 bits per heavy atom. The lowest BCUT2D eigenvalue weighted by Crippen LogP contribution is -2.58. The van der Waals surface area contributed by atoms with Crippen LogP contribution in [0.1, 0.15) is 25.3 Å². The van der Waals surface area contributed by atoms with Crippen LogP contribution in [-0.4, -0.2) is 66.3 Å². The summed E-state index contributed by atoms with van der Waals surface area (Å²) in [5.74, 6) is -1.61. The van der Waals surface area contributed by atoms with Gasteiger partial charge in [-0.15, -0.1) is 0 Å². The molecule has 1 aromatic rings. The molecule has 1 saturated heterocycles. The van der Waals surface area contributed by atoms with Gasteiger partial charge in [0.25, 0.3) is 5.91 Å². The molecule has 0 aromatic carbocycles. The number of nitrogens with zero attached hydrogens (tertiary/aromatic N) is 2. The molecular formula is C19H26N4O5. The predicted octanol–water partition coefficient (Wildman–Crippen LogP) is -0.0568. The lowest BCUT2D eigenvalue weighted by atomic mass is 9.90. The van der Waals surface area contributed by atoms with E-state index in [9.17, 15) is 19.5 Å². The van der Waals surface area contributed by atoms with Crippen LogP contribution in [-0.2, 0) is 25.5 Å². The maximum atomic E-state index is 13.5. The normalized spacial score (nSPS) is 21.6. The Morgan fingerprint density at radius 1 is 1.32 bits per heavy atom. The number of rotatable bonds is 6. The second-order valence-corrected chi connectivity index (χ2v) is 7.20. The Bertz CT molecular complexity index is 750. The highest BCUT2D eigenvalue weighted by atomic mass is 16.5. The molecule has 1 aromatic heterocycles. The number of ether oxygens (including phenoxy) is 1. The molecule has 0 radical (unpaired) electrons. The zero-order valence-corrected chi connectivity index (χ0v) is 16.1. The molecule has 3 rings (SSSR count). The fraction of sp³-hybridized carbons (Fsp3) is 0.579. The lowest BCUT2D eigenvalue weighted by Gasteiger charge is -2.34. The van der Waals surface area contributed by atoms with Crippen LogP contribution < -0.4 is 15.5 Å². The Morgan fingerprint density at radius 2 is 2.04 bits per heavy atom. The zero-order chi connectivity index (χ0) is 20.3. The quantitative estimate of drug-likeness (QED) is 0.622. The number of pyridine rings is 1. The molecule has 9 nitrogen and oxygen atoms in total. The first-order valence-electron chi connectivity index (χ1n) is 9.49. The third-order valence-electron chi connectivity index (χ3n) is 5.47. The van der Waals surface area contributed by atoms with Crippen molar-refractivity contribution in [3.63, 3.8) is 0 Å².